The first-order chi connectivity index (χ1) is 13.5. The third-order valence-electron chi connectivity index (χ3n) is 5.16. The molecule has 3 rings (SSSR count). The van der Waals surface area contributed by atoms with Gasteiger partial charge in [-0.2, -0.15) is 7.05 Å². The van der Waals surface area contributed by atoms with Gasteiger partial charge in [0.05, 0.1) is 6.04 Å². The smallest absolute Gasteiger partial charge is 0.134 e. The summed E-state index contributed by atoms with van der Waals surface area (Å²) in [4.78, 5) is 0. The molecule has 1 radical (unpaired) electrons. The van der Waals surface area contributed by atoms with Crippen molar-refractivity contribution in [3.8, 4) is 11.1 Å². The van der Waals surface area contributed by atoms with Crippen LogP contribution in [0.2, 0.25) is 0 Å². The molecule has 1 aliphatic rings. The minimum atomic E-state index is -1.09. The van der Waals surface area contributed by atoms with Crippen molar-refractivity contribution in [2.24, 2.45) is 0 Å². The molecule has 3 atom stereocenters. The first kappa shape index (κ1) is 24.8. The molecule has 0 bridgehead atoms. The van der Waals surface area contributed by atoms with Crippen molar-refractivity contribution in [2.45, 2.75) is 38.5 Å². The molecule has 2 aromatic rings. The Bertz CT molecular complexity index is 824. The Hall–Kier alpha value is -0.436. The minimum absolute atomic E-state index is 0. The molecule has 0 saturated carbocycles. The van der Waals surface area contributed by atoms with E-state index in [2.05, 4.69) is 10.1 Å². The Morgan fingerprint density at radius 1 is 1.14 bits per heavy atom. The number of halogens is 3. The molecule has 0 aromatic heterocycles. The van der Waals surface area contributed by atoms with Crippen LogP contribution in [0.15, 0.2) is 36.4 Å². The number of hydrogen-bond acceptors (Lipinski definition) is 3. The molecular weight excluding hydrogens is 472 g/mol. The zero-order valence-electron chi connectivity index (χ0n) is 16.8. The molecule has 3 unspecified atom stereocenters. The Morgan fingerprint density at radius 3 is 2.45 bits per heavy atom. The zero-order chi connectivity index (χ0) is 20.3. The molecule has 0 spiro atoms. The second-order valence-corrected chi connectivity index (χ2v) is 8.00. The molecule has 3 nitrogen and oxygen atoms in total. The summed E-state index contributed by atoms with van der Waals surface area (Å²) in [6.45, 7) is 3.82. The number of nitrogens with one attached hydrogen (secondary N) is 1. The Morgan fingerprint density at radius 2 is 1.79 bits per heavy atom. The Balaban J connectivity index is 0.00000300. The average molecular weight is 497 g/mol. The first-order valence-electron chi connectivity index (χ1n) is 9.38. The topological polar surface area (TPSA) is 29.4 Å². The van der Waals surface area contributed by atoms with E-state index in [1.54, 1.807) is 55.4 Å². The maximum absolute atomic E-state index is 15.3. The van der Waals surface area contributed by atoms with Gasteiger partial charge in [-0.3, -0.25) is 4.72 Å². The van der Waals surface area contributed by atoms with Crippen molar-refractivity contribution >= 4 is 11.9 Å². The number of alkyl halides is 1. The summed E-state index contributed by atoms with van der Waals surface area (Å²) in [7, 11) is 1.62. The number of benzene rings is 2. The maximum Gasteiger partial charge on any atom is 0.134 e. The fourth-order valence-corrected chi connectivity index (χ4v) is 4.34. The molecular formula is C21H25F3N3SY-. The van der Waals surface area contributed by atoms with Crippen LogP contribution in [0.4, 0.5) is 13.2 Å². The average Bonchev–Trinajstić information content (AvgIpc) is 2.99. The van der Waals surface area contributed by atoms with Crippen molar-refractivity contribution in [1.82, 2.24) is 9.73 Å². The molecule has 2 aromatic carbocycles. The number of hydrogen-bond donors (Lipinski definition) is 1. The van der Waals surface area contributed by atoms with Crippen LogP contribution in [0.3, 0.4) is 0 Å². The molecule has 29 heavy (non-hydrogen) atoms. The predicted octanol–water partition coefficient (Wildman–Crippen LogP) is 5.05. The van der Waals surface area contributed by atoms with Crippen LogP contribution < -0.4 is 4.72 Å². The van der Waals surface area contributed by atoms with Gasteiger partial charge in [0, 0.05) is 62.2 Å². The van der Waals surface area contributed by atoms with Crippen molar-refractivity contribution in [3.63, 3.8) is 0 Å². The van der Waals surface area contributed by atoms with Crippen LogP contribution in [-0.4, -0.2) is 42.6 Å². The van der Waals surface area contributed by atoms with Crippen molar-refractivity contribution in [2.75, 3.05) is 19.3 Å². The molecule has 1 fully saturated rings. The molecule has 8 heteroatoms. The SMILES string of the molecule is CCSNC1C(F)CN([N-]C)C1Cc1cccc(-c2cccc(C)c2F)c1F.[Y]. The van der Waals surface area contributed by atoms with Crippen LogP contribution in [0.25, 0.3) is 16.6 Å². The quantitative estimate of drug-likeness (QED) is 0.544. The van der Waals surface area contributed by atoms with Crippen molar-refractivity contribution in [1.29, 1.82) is 0 Å². The zero-order valence-corrected chi connectivity index (χ0v) is 20.5. The largest absolute Gasteiger partial charge is 0.597 e. The van der Waals surface area contributed by atoms with E-state index in [0.717, 1.165) is 5.75 Å². The molecule has 1 saturated heterocycles. The van der Waals surface area contributed by atoms with Crippen LogP contribution in [-0.2, 0) is 39.1 Å². The van der Waals surface area contributed by atoms with E-state index < -0.39 is 23.8 Å². The summed E-state index contributed by atoms with van der Waals surface area (Å²) in [5, 5.41) is 1.68. The molecule has 155 valence electrons. The van der Waals surface area contributed by atoms with Crippen LogP contribution in [0, 0.1) is 18.6 Å². The third-order valence-corrected chi connectivity index (χ3v) is 5.89. The number of aryl methyl sites for hydroxylation is 1. The van der Waals surface area contributed by atoms with Gasteiger partial charge in [-0.25, -0.2) is 13.2 Å². The summed E-state index contributed by atoms with van der Waals surface area (Å²) in [6.07, 6.45) is -0.805. The van der Waals surface area contributed by atoms with Gasteiger partial charge >= 0.3 is 0 Å². The third kappa shape index (κ3) is 5.44. The second kappa shape index (κ2) is 11.3. The van der Waals surface area contributed by atoms with Gasteiger partial charge in [0.25, 0.3) is 0 Å². The van der Waals surface area contributed by atoms with E-state index in [9.17, 15) is 8.78 Å². The van der Waals surface area contributed by atoms with Crippen molar-refractivity contribution < 1.29 is 45.9 Å². The van der Waals surface area contributed by atoms with Crippen LogP contribution >= 0.6 is 11.9 Å². The fourth-order valence-electron chi connectivity index (χ4n) is 3.67. The summed E-state index contributed by atoms with van der Waals surface area (Å²) in [5.41, 5.74) is 5.53. The van der Waals surface area contributed by atoms with Gasteiger partial charge in [0.15, 0.2) is 0 Å². The fraction of sp³-hybridized carbons (Fsp3) is 0.429. The molecule has 0 amide bonds. The van der Waals surface area contributed by atoms with E-state index in [1.807, 2.05) is 6.92 Å². The monoisotopic (exact) mass is 497 g/mol. The van der Waals surface area contributed by atoms with E-state index in [-0.39, 0.29) is 62.8 Å². The standard InChI is InChI=1S/C21H25F3N3S.Y/c1-4-28-26-21-17(22)12-27(25-3)18(21)11-14-8-6-10-16(20(14)24)15-9-5-7-13(2)19(15)23;/h5-10,17-18,21,26H,4,11-12H2,1-3H3;/q-1;. The summed E-state index contributed by atoms with van der Waals surface area (Å²) >= 11 is 1.44. The van der Waals surface area contributed by atoms with Gasteiger partial charge in [0.1, 0.15) is 17.8 Å². The summed E-state index contributed by atoms with van der Waals surface area (Å²) in [5.74, 6) is -0.0880. The molecule has 0 aliphatic carbocycles. The number of nitrogens with zero attached hydrogens (tertiary/aromatic N) is 2. The first-order valence-corrected chi connectivity index (χ1v) is 10.4. The second-order valence-electron chi connectivity index (χ2n) is 6.90. The Labute approximate surface area is 200 Å². The Kier molecular flexibility index (Phi) is 9.64. The normalized spacial score (nSPS) is 21.9. The van der Waals surface area contributed by atoms with Gasteiger partial charge in [-0.15, -0.1) is 0 Å². The van der Waals surface area contributed by atoms with Gasteiger partial charge < -0.3 is 10.4 Å². The molecule has 1 heterocycles. The van der Waals surface area contributed by atoms with Gasteiger partial charge in [-0.1, -0.05) is 55.3 Å². The van der Waals surface area contributed by atoms with E-state index in [1.165, 1.54) is 11.9 Å². The maximum atomic E-state index is 15.3. The van der Waals surface area contributed by atoms with E-state index >= 15 is 4.39 Å². The predicted molar refractivity (Wildman–Crippen MR) is 110 cm³/mol. The number of rotatable bonds is 7. The summed E-state index contributed by atoms with van der Waals surface area (Å²) in [6, 6.07) is 9.15. The van der Waals surface area contributed by atoms with Crippen LogP contribution in [0.5, 0.6) is 0 Å². The summed E-state index contributed by atoms with van der Waals surface area (Å²) < 4.78 is 47.5. The molecule has 1 N–H and O–H groups in total. The van der Waals surface area contributed by atoms with Gasteiger partial charge in [-0.05, 0) is 24.5 Å². The van der Waals surface area contributed by atoms with Crippen molar-refractivity contribution in [3.05, 3.63) is 64.6 Å². The minimum Gasteiger partial charge on any atom is -0.597 e. The van der Waals surface area contributed by atoms with Crippen LogP contribution in [0.1, 0.15) is 18.1 Å². The van der Waals surface area contributed by atoms with E-state index in [0.29, 0.717) is 11.1 Å². The van der Waals surface area contributed by atoms with E-state index in [4.69, 9.17) is 0 Å². The van der Waals surface area contributed by atoms with Gasteiger partial charge in [0.2, 0.25) is 0 Å². The molecule has 1 aliphatic heterocycles.